The van der Waals surface area contributed by atoms with Crippen molar-refractivity contribution in [2.24, 2.45) is 0 Å². The van der Waals surface area contributed by atoms with Crippen LogP contribution in [-0.4, -0.2) is 11.8 Å². The molecule has 3 rings (SSSR count). The van der Waals surface area contributed by atoms with E-state index in [2.05, 4.69) is 4.98 Å². The van der Waals surface area contributed by atoms with E-state index in [1.807, 2.05) is 0 Å². The Morgan fingerprint density at radius 2 is 1.88 bits per heavy atom. The lowest BCUT2D eigenvalue weighted by Gasteiger charge is -2.05. The van der Waals surface area contributed by atoms with E-state index in [0.717, 1.165) is 0 Å². The zero-order valence-electron chi connectivity index (χ0n) is 8.72. The fraction of sp³-hybridized carbons (Fsp3) is 0.0833. The van der Waals surface area contributed by atoms with Gasteiger partial charge < -0.3 is 14.2 Å². The van der Waals surface area contributed by atoms with E-state index in [9.17, 15) is 4.39 Å². The van der Waals surface area contributed by atoms with Crippen LogP contribution in [0.1, 0.15) is 0 Å². The van der Waals surface area contributed by atoms with Gasteiger partial charge in [-0.2, -0.15) is 4.39 Å². The molecule has 1 aromatic carbocycles. The summed E-state index contributed by atoms with van der Waals surface area (Å²) in [7, 11) is 0. The topological polar surface area (TPSA) is 40.6 Å². The second-order valence-corrected chi connectivity index (χ2v) is 3.43. The molecular weight excluding hydrogens is 225 g/mol. The van der Waals surface area contributed by atoms with Gasteiger partial charge in [0.25, 0.3) is 0 Å². The van der Waals surface area contributed by atoms with Crippen LogP contribution in [0.15, 0.2) is 36.5 Å². The minimum atomic E-state index is -0.580. The summed E-state index contributed by atoms with van der Waals surface area (Å²) in [4.78, 5) is 3.45. The molecule has 86 valence electrons. The third-order valence-corrected chi connectivity index (χ3v) is 2.28. The molecule has 0 spiro atoms. The van der Waals surface area contributed by atoms with Crippen LogP contribution in [0.3, 0.4) is 0 Å². The molecule has 0 bridgehead atoms. The van der Waals surface area contributed by atoms with Crippen molar-refractivity contribution < 1.29 is 18.6 Å². The highest BCUT2D eigenvalue weighted by atomic mass is 19.1. The SMILES string of the molecule is Fc1cc(Oc2ccc3c(c2)OCO3)ccn1. The van der Waals surface area contributed by atoms with E-state index in [1.165, 1.54) is 12.3 Å². The molecule has 4 nitrogen and oxygen atoms in total. The maximum atomic E-state index is 12.9. The normalized spacial score (nSPS) is 12.5. The number of halogens is 1. The van der Waals surface area contributed by atoms with Gasteiger partial charge in [-0.15, -0.1) is 0 Å². The van der Waals surface area contributed by atoms with Crippen molar-refractivity contribution in [3.63, 3.8) is 0 Å². The summed E-state index contributed by atoms with van der Waals surface area (Å²) in [6.45, 7) is 0.211. The van der Waals surface area contributed by atoms with E-state index in [-0.39, 0.29) is 6.79 Å². The smallest absolute Gasteiger partial charge is 0.231 e. The van der Waals surface area contributed by atoms with Crippen LogP contribution in [0.5, 0.6) is 23.0 Å². The van der Waals surface area contributed by atoms with Crippen molar-refractivity contribution >= 4 is 0 Å². The quantitative estimate of drug-likeness (QED) is 0.748. The Hall–Kier alpha value is -2.30. The monoisotopic (exact) mass is 233 g/mol. The predicted octanol–water partition coefficient (Wildman–Crippen LogP) is 2.74. The highest BCUT2D eigenvalue weighted by molar-refractivity contribution is 5.47. The molecule has 0 saturated carbocycles. The molecule has 1 aromatic heterocycles. The first-order chi connectivity index (χ1) is 8.31. The average Bonchev–Trinajstić information content (AvgIpc) is 2.76. The number of rotatable bonds is 2. The van der Waals surface area contributed by atoms with Gasteiger partial charge in [0.2, 0.25) is 12.7 Å². The van der Waals surface area contributed by atoms with Crippen molar-refractivity contribution in [3.05, 3.63) is 42.5 Å². The van der Waals surface area contributed by atoms with E-state index in [4.69, 9.17) is 14.2 Å². The van der Waals surface area contributed by atoms with Crippen LogP contribution >= 0.6 is 0 Å². The van der Waals surface area contributed by atoms with Crippen molar-refractivity contribution in [1.82, 2.24) is 4.98 Å². The molecular formula is C12H8FNO3. The molecule has 2 heterocycles. The highest BCUT2D eigenvalue weighted by Crippen LogP contribution is 2.36. The Labute approximate surface area is 96.6 Å². The lowest BCUT2D eigenvalue weighted by Crippen LogP contribution is -1.92. The summed E-state index contributed by atoms with van der Waals surface area (Å²) >= 11 is 0. The fourth-order valence-electron chi connectivity index (χ4n) is 1.52. The molecule has 0 aliphatic carbocycles. The fourth-order valence-corrected chi connectivity index (χ4v) is 1.52. The second kappa shape index (κ2) is 3.93. The molecule has 0 atom stereocenters. The number of ether oxygens (including phenoxy) is 3. The Kier molecular flexibility index (Phi) is 2.29. The van der Waals surface area contributed by atoms with Gasteiger partial charge in [-0.3, -0.25) is 0 Å². The largest absolute Gasteiger partial charge is 0.457 e. The molecule has 0 saturated heterocycles. The maximum Gasteiger partial charge on any atom is 0.231 e. The third-order valence-electron chi connectivity index (χ3n) is 2.28. The molecule has 5 heteroatoms. The van der Waals surface area contributed by atoms with Gasteiger partial charge >= 0.3 is 0 Å². The lowest BCUT2D eigenvalue weighted by atomic mass is 10.3. The number of hydrogen-bond acceptors (Lipinski definition) is 4. The van der Waals surface area contributed by atoms with Crippen molar-refractivity contribution in [2.75, 3.05) is 6.79 Å². The van der Waals surface area contributed by atoms with Crippen LogP contribution in [0.2, 0.25) is 0 Å². The number of fused-ring (bicyclic) bond motifs is 1. The van der Waals surface area contributed by atoms with E-state index in [0.29, 0.717) is 23.0 Å². The minimum absolute atomic E-state index is 0.211. The summed E-state index contributed by atoms with van der Waals surface area (Å²) in [5.74, 6) is 1.66. The van der Waals surface area contributed by atoms with Crippen LogP contribution in [0.4, 0.5) is 4.39 Å². The number of aromatic nitrogens is 1. The Balaban J connectivity index is 1.86. The Bertz CT molecular complexity index is 559. The molecule has 1 aliphatic rings. The van der Waals surface area contributed by atoms with E-state index < -0.39 is 5.95 Å². The van der Waals surface area contributed by atoms with Crippen LogP contribution < -0.4 is 14.2 Å². The van der Waals surface area contributed by atoms with Crippen LogP contribution in [-0.2, 0) is 0 Å². The summed E-state index contributed by atoms with van der Waals surface area (Å²) < 4.78 is 28.7. The molecule has 1 aliphatic heterocycles. The first-order valence-corrected chi connectivity index (χ1v) is 5.00. The zero-order chi connectivity index (χ0) is 11.7. The van der Waals surface area contributed by atoms with Gasteiger partial charge in [-0.1, -0.05) is 0 Å². The molecule has 0 N–H and O–H groups in total. The van der Waals surface area contributed by atoms with Gasteiger partial charge in [0.15, 0.2) is 11.5 Å². The summed E-state index contributed by atoms with van der Waals surface area (Å²) in [5, 5.41) is 0. The van der Waals surface area contributed by atoms with Gasteiger partial charge in [0.1, 0.15) is 11.5 Å². The first kappa shape index (κ1) is 9.89. The average molecular weight is 233 g/mol. The van der Waals surface area contributed by atoms with Gasteiger partial charge in [-0.25, -0.2) is 4.98 Å². The number of benzene rings is 1. The van der Waals surface area contributed by atoms with E-state index >= 15 is 0 Å². The number of hydrogen-bond donors (Lipinski definition) is 0. The Morgan fingerprint density at radius 3 is 2.76 bits per heavy atom. The lowest BCUT2D eigenvalue weighted by molar-refractivity contribution is 0.174. The molecule has 0 amide bonds. The first-order valence-electron chi connectivity index (χ1n) is 5.00. The van der Waals surface area contributed by atoms with Gasteiger partial charge in [0.05, 0.1) is 0 Å². The van der Waals surface area contributed by atoms with E-state index in [1.54, 1.807) is 24.3 Å². The second-order valence-electron chi connectivity index (χ2n) is 3.43. The van der Waals surface area contributed by atoms with Crippen molar-refractivity contribution in [1.29, 1.82) is 0 Å². The third kappa shape index (κ3) is 1.99. The minimum Gasteiger partial charge on any atom is -0.457 e. The Morgan fingerprint density at radius 1 is 1.06 bits per heavy atom. The van der Waals surface area contributed by atoms with Crippen LogP contribution in [0, 0.1) is 5.95 Å². The zero-order valence-corrected chi connectivity index (χ0v) is 8.72. The number of pyridine rings is 1. The summed E-state index contributed by atoms with van der Waals surface area (Å²) in [6.07, 6.45) is 1.34. The van der Waals surface area contributed by atoms with Crippen LogP contribution in [0.25, 0.3) is 0 Å². The molecule has 2 aromatic rings. The molecule has 0 fully saturated rings. The summed E-state index contributed by atoms with van der Waals surface area (Å²) in [6, 6.07) is 7.96. The van der Waals surface area contributed by atoms with Crippen molar-refractivity contribution in [3.8, 4) is 23.0 Å². The standard InChI is InChI=1S/C12H8FNO3/c13-12-6-9(3-4-14-12)17-8-1-2-10-11(5-8)16-7-15-10/h1-6H,7H2. The maximum absolute atomic E-state index is 12.9. The predicted molar refractivity (Wildman–Crippen MR) is 56.8 cm³/mol. The van der Waals surface area contributed by atoms with Crippen molar-refractivity contribution in [2.45, 2.75) is 0 Å². The summed E-state index contributed by atoms with van der Waals surface area (Å²) in [5.41, 5.74) is 0. The molecule has 0 unspecified atom stereocenters. The number of nitrogens with zero attached hydrogens (tertiary/aromatic N) is 1. The van der Waals surface area contributed by atoms with Gasteiger partial charge in [0, 0.05) is 18.3 Å². The highest BCUT2D eigenvalue weighted by Gasteiger charge is 2.13. The molecule has 0 radical (unpaired) electrons. The molecule has 17 heavy (non-hydrogen) atoms. The van der Waals surface area contributed by atoms with Gasteiger partial charge in [-0.05, 0) is 18.2 Å².